The molecular weight excluding hydrogens is 344 g/mol. The molecule has 0 radical (unpaired) electrons. The summed E-state index contributed by atoms with van der Waals surface area (Å²) in [5, 5.41) is 8.67. The van der Waals surface area contributed by atoms with Gasteiger partial charge in [-0.15, -0.1) is 11.3 Å². The second-order valence-electron chi connectivity index (χ2n) is 7.19. The van der Waals surface area contributed by atoms with Gasteiger partial charge in [-0.3, -0.25) is 9.48 Å². The summed E-state index contributed by atoms with van der Waals surface area (Å²) in [6.07, 6.45) is 1.16. The minimum Gasteiger partial charge on any atom is -0.326 e. The first kappa shape index (κ1) is 18.6. The maximum absolute atomic E-state index is 12.4. The first-order valence-electron chi connectivity index (χ1n) is 9.03. The third-order valence-electron chi connectivity index (χ3n) is 4.45. The third-order valence-corrected chi connectivity index (χ3v) is 5.38. The van der Waals surface area contributed by atoms with Crippen molar-refractivity contribution in [1.29, 1.82) is 0 Å². The number of amides is 1. The van der Waals surface area contributed by atoms with Gasteiger partial charge in [-0.2, -0.15) is 5.10 Å². The molecule has 1 aromatic carbocycles. The molecule has 0 aliphatic heterocycles. The lowest BCUT2D eigenvalue weighted by atomic mass is 10.1. The van der Waals surface area contributed by atoms with Gasteiger partial charge in [-0.05, 0) is 56.9 Å². The van der Waals surface area contributed by atoms with Crippen LogP contribution >= 0.6 is 11.3 Å². The van der Waals surface area contributed by atoms with Crippen molar-refractivity contribution in [3.8, 4) is 0 Å². The fraction of sp³-hybridized carbons (Fsp3) is 0.450. The van der Waals surface area contributed by atoms with Gasteiger partial charge in [0.05, 0.1) is 20.9 Å². The third kappa shape index (κ3) is 4.12. The van der Waals surface area contributed by atoms with Crippen molar-refractivity contribution in [3.63, 3.8) is 0 Å². The summed E-state index contributed by atoms with van der Waals surface area (Å²) in [5.41, 5.74) is 5.20. The summed E-state index contributed by atoms with van der Waals surface area (Å²) in [6.45, 7) is 11.4. The van der Waals surface area contributed by atoms with E-state index in [1.165, 1.54) is 11.3 Å². The standard InChI is InChI=1S/C20H26N4OS/c1-12(2)11-24-14(4)17(13(3)23-24)7-9-20(25)22-16-6-8-18-19(10-16)26-15(5)21-18/h6,8,10,12H,7,9,11H2,1-5H3,(H,22,25). The second-order valence-corrected chi connectivity index (χ2v) is 8.42. The summed E-state index contributed by atoms with van der Waals surface area (Å²) in [7, 11) is 0. The largest absolute Gasteiger partial charge is 0.326 e. The molecule has 1 N–H and O–H groups in total. The van der Waals surface area contributed by atoms with Crippen molar-refractivity contribution in [3.05, 3.63) is 40.2 Å². The van der Waals surface area contributed by atoms with E-state index in [9.17, 15) is 4.79 Å². The Hall–Kier alpha value is -2.21. The van der Waals surface area contributed by atoms with Crippen LogP contribution in [-0.2, 0) is 17.8 Å². The molecule has 6 heteroatoms. The van der Waals surface area contributed by atoms with E-state index >= 15 is 0 Å². The number of hydrogen-bond acceptors (Lipinski definition) is 4. The van der Waals surface area contributed by atoms with Crippen LogP contribution in [0.2, 0.25) is 0 Å². The van der Waals surface area contributed by atoms with Crippen molar-refractivity contribution in [2.75, 3.05) is 5.32 Å². The molecule has 3 rings (SSSR count). The zero-order valence-electron chi connectivity index (χ0n) is 16.1. The molecule has 1 amide bonds. The van der Waals surface area contributed by atoms with Crippen LogP contribution in [0.15, 0.2) is 18.2 Å². The molecule has 0 spiro atoms. The highest BCUT2D eigenvalue weighted by molar-refractivity contribution is 7.18. The van der Waals surface area contributed by atoms with Crippen LogP contribution in [0.1, 0.15) is 42.2 Å². The van der Waals surface area contributed by atoms with E-state index in [0.717, 1.165) is 33.2 Å². The van der Waals surface area contributed by atoms with E-state index in [1.54, 1.807) is 11.3 Å². The molecule has 2 heterocycles. The van der Waals surface area contributed by atoms with E-state index in [4.69, 9.17) is 0 Å². The summed E-state index contributed by atoms with van der Waals surface area (Å²) >= 11 is 1.64. The van der Waals surface area contributed by atoms with Crippen molar-refractivity contribution < 1.29 is 4.79 Å². The number of aryl methyl sites for hydroxylation is 2. The number of nitrogens with one attached hydrogen (secondary N) is 1. The highest BCUT2D eigenvalue weighted by atomic mass is 32.1. The fourth-order valence-corrected chi connectivity index (χ4v) is 4.07. The molecular formula is C20H26N4OS. The van der Waals surface area contributed by atoms with Crippen LogP contribution in [0.25, 0.3) is 10.2 Å². The van der Waals surface area contributed by atoms with Crippen molar-refractivity contribution in [2.24, 2.45) is 5.92 Å². The Balaban J connectivity index is 1.64. The fourth-order valence-electron chi connectivity index (χ4n) is 3.20. The predicted octanol–water partition coefficient (Wildman–Crippen LogP) is 4.65. The predicted molar refractivity (Wildman–Crippen MR) is 108 cm³/mol. The Kier molecular flexibility index (Phi) is 5.41. The van der Waals surface area contributed by atoms with Crippen molar-refractivity contribution in [1.82, 2.24) is 14.8 Å². The molecule has 5 nitrogen and oxygen atoms in total. The lowest BCUT2D eigenvalue weighted by Gasteiger charge is -2.08. The first-order chi connectivity index (χ1) is 12.3. The quantitative estimate of drug-likeness (QED) is 0.687. The molecule has 2 aromatic heterocycles. The summed E-state index contributed by atoms with van der Waals surface area (Å²) in [6, 6.07) is 5.87. The number of fused-ring (bicyclic) bond motifs is 1. The molecule has 0 bridgehead atoms. The summed E-state index contributed by atoms with van der Waals surface area (Å²) in [4.78, 5) is 16.8. The Labute approximate surface area is 158 Å². The first-order valence-corrected chi connectivity index (χ1v) is 9.85. The number of hydrogen-bond donors (Lipinski definition) is 1. The lowest BCUT2D eigenvalue weighted by molar-refractivity contribution is -0.116. The van der Waals surface area contributed by atoms with Crippen LogP contribution in [0.3, 0.4) is 0 Å². The van der Waals surface area contributed by atoms with Crippen LogP contribution < -0.4 is 5.32 Å². The molecule has 138 valence electrons. The van der Waals surface area contributed by atoms with E-state index in [-0.39, 0.29) is 5.91 Å². The smallest absolute Gasteiger partial charge is 0.224 e. The Morgan fingerprint density at radius 1 is 1.27 bits per heavy atom. The molecule has 0 atom stereocenters. The molecule has 0 aliphatic carbocycles. The molecule has 0 fully saturated rings. The number of benzene rings is 1. The second kappa shape index (κ2) is 7.58. The lowest BCUT2D eigenvalue weighted by Crippen LogP contribution is -2.13. The van der Waals surface area contributed by atoms with Gasteiger partial charge in [0.15, 0.2) is 0 Å². The minimum absolute atomic E-state index is 0.0287. The van der Waals surface area contributed by atoms with Gasteiger partial charge in [0.25, 0.3) is 0 Å². The number of nitrogens with zero attached hydrogens (tertiary/aromatic N) is 3. The van der Waals surface area contributed by atoms with Crippen molar-refractivity contribution in [2.45, 2.75) is 54.0 Å². The van der Waals surface area contributed by atoms with E-state index in [0.29, 0.717) is 18.8 Å². The highest BCUT2D eigenvalue weighted by Crippen LogP contribution is 2.25. The molecule has 3 aromatic rings. The molecule has 0 unspecified atom stereocenters. The Morgan fingerprint density at radius 2 is 2.04 bits per heavy atom. The highest BCUT2D eigenvalue weighted by Gasteiger charge is 2.14. The monoisotopic (exact) mass is 370 g/mol. The normalized spacial score (nSPS) is 11.5. The van der Waals surface area contributed by atoms with E-state index in [1.807, 2.05) is 32.0 Å². The number of carbonyl (C=O) groups excluding carboxylic acids is 1. The maximum atomic E-state index is 12.4. The van der Waals surface area contributed by atoms with Gasteiger partial charge >= 0.3 is 0 Å². The van der Waals surface area contributed by atoms with Crippen molar-refractivity contribution >= 4 is 33.1 Å². The van der Waals surface area contributed by atoms with Crippen LogP contribution in [0.5, 0.6) is 0 Å². The van der Waals surface area contributed by atoms with Gasteiger partial charge in [0.1, 0.15) is 0 Å². The van der Waals surface area contributed by atoms with E-state index < -0.39 is 0 Å². The number of aromatic nitrogens is 3. The van der Waals surface area contributed by atoms with Gasteiger partial charge in [0.2, 0.25) is 5.91 Å². The molecule has 26 heavy (non-hydrogen) atoms. The van der Waals surface area contributed by atoms with E-state index in [2.05, 4.69) is 40.9 Å². The average molecular weight is 371 g/mol. The molecule has 0 saturated heterocycles. The average Bonchev–Trinajstić information content (AvgIpc) is 3.04. The van der Waals surface area contributed by atoms with Gasteiger partial charge < -0.3 is 5.32 Å². The number of anilines is 1. The zero-order valence-corrected chi connectivity index (χ0v) is 16.9. The molecule has 0 aliphatic rings. The van der Waals surface area contributed by atoms with Gasteiger partial charge in [0, 0.05) is 24.3 Å². The molecule has 0 saturated carbocycles. The van der Waals surface area contributed by atoms with Crippen LogP contribution in [-0.4, -0.2) is 20.7 Å². The minimum atomic E-state index is 0.0287. The number of thiazole rings is 1. The summed E-state index contributed by atoms with van der Waals surface area (Å²) < 4.78 is 3.16. The topological polar surface area (TPSA) is 59.8 Å². The SMILES string of the molecule is Cc1nc2ccc(NC(=O)CCc3c(C)nn(CC(C)C)c3C)cc2s1. The van der Waals surface area contributed by atoms with Crippen LogP contribution in [0.4, 0.5) is 5.69 Å². The Morgan fingerprint density at radius 3 is 2.77 bits per heavy atom. The van der Waals surface area contributed by atoms with Gasteiger partial charge in [-0.1, -0.05) is 13.8 Å². The maximum Gasteiger partial charge on any atom is 0.224 e. The number of rotatable bonds is 6. The Bertz CT molecular complexity index is 939. The number of carbonyl (C=O) groups is 1. The zero-order chi connectivity index (χ0) is 18.8. The summed E-state index contributed by atoms with van der Waals surface area (Å²) in [5.74, 6) is 0.579. The van der Waals surface area contributed by atoms with Gasteiger partial charge in [-0.25, -0.2) is 4.98 Å². The van der Waals surface area contributed by atoms with Crippen LogP contribution in [0, 0.1) is 26.7 Å².